The highest BCUT2D eigenvalue weighted by Crippen LogP contribution is 2.59. The van der Waals surface area contributed by atoms with Crippen LogP contribution >= 0.6 is 0 Å². The summed E-state index contributed by atoms with van der Waals surface area (Å²) >= 11 is 0. The summed E-state index contributed by atoms with van der Waals surface area (Å²) in [5.41, 5.74) is -0.708. The van der Waals surface area contributed by atoms with Crippen molar-refractivity contribution in [3.8, 4) is 0 Å². The van der Waals surface area contributed by atoms with E-state index in [4.69, 9.17) is 17.7 Å². The van der Waals surface area contributed by atoms with Gasteiger partial charge < -0.3 is 17.7 Å². The third-order valence-electron chi connectivity index (χ3n) is 12.7. The SMILES string of the molecule is CCC(C)(O[Si](C)(C)C(C)(CC)O[Si](C)(C)C)C(C)(CC)[Si](C)(C)OC(C)(C)C(C)(C)[Si](C)(C)OC(C)(C)[Si](C)(C)C. The van der Waals surface area contributed by atoms with Crippen LogP contribution < -0.4 is 0 Å². The maximum absolute atomic E-state index is 7.60. The lowest BCUT2D eigenvalue weighted by molar-refractivity contribution is -0.0230. The molecule has 0 saturated carbocycles. The van der Waals surface area contributed by atoms with Gasteiger partial charge in [0.1, 0.15) is 0 Å². The van der Waals surface area contributed by atoms with Crippen molar-refractivity contribution in [2.45, 2.75) is 213 Å². The number of hydrogen-bond acceptors (Lipinski definition) is 4. The highest BCUT2D eigenvalue weighted by Gasteiger charge is 2.63. The molecule has 254 valence electrons. The molecule has 4 nitrogen and oxygen atoms in total. The van der Waals surface area contributed by atoms with Gasteiger partial charge in [0, 0.05) is 15.3 Å². The van der Waals surface area contributed by atoms with Crippen molar-refractivity contribution in [2.24, 2.45) is 0 Å². The quantitative estimate of drug-likeness (QED) is 0.143. The van der Waals surface area contributed by atoms with E-state index in [1.807, 2.05) is 0 Å². The van der Waals surface area contributed by atoms with Crippen molar-refractivity contribution < 1.29 is 17.7 Å². The third-order valence-corrected chi connectivity index (χ3v) is 31.0. The van der Waals surface area contributed by atoms with Crippen LogP contribution in [0.25, 0.3) is 0 Å². The summed E-state index contributed by atoms with van der Waals surface area (Å²) in [4.78, 5) is 0. The summed E-state index contributed by atoms with van der Waals surface area (Å²) in [7, 11) is -10.3. The maximum Gasteiger partial charge on any atom is 0.217 e. The molecule has 0 aromatic heterocycles. The molecule has 0 N–H and O–H groups in total. The monoisotopic (exact) mass is 678 g/mol. The minimum Gasteiger partial charge on any atom is -0.415 e. The Morgan fingerprint density at radius 3 is 1.19 bits per heavy atom. The van der Waals surface area contributed by atoms with Crippen LogP contribution in [0.5, 0.6) is 0 Å². The van der Waals surface area contributed by atoms with Gasteiger partial charge in [0.25, 0.3) is 0 Å². The lowest BCUT2D eigenvalue weighted by Crippen LogP contribution is -2.68. The van der Waals surface area contributed by atoms with Gasteiger partial charge in [-0.25, -0.2) is 0 Å². The zero-order valence-corrected chi connectivity index (χ0v) is 38.3. The van der Waals surface area contributed by atoms with Gasteiger partial charge in [-0.3, -0.25) is 0 Å². The number of rotatable bonds is 17. The third kappa shape index (κ3) is 8.44. The summed E-state index contributed by atoms with van der Waals surface area (Å²) in [5, 5.41) is -0.591. The zero-order chi connectivity index (χ0) is 34.4. The molecular formula is C33H78O4Si5. The minimum absolute atomic E-state index is 0.101. The van der Waals surface area contributed by atoms with E-state index in [1.54, 1.807) is 0 Å². The summed E-state index contributed by atoms with van der Waals surface area (Å²) in [5.74, 6) is 0. The molecule has 0 saturated heterocycles. The summed E-state index contributed by atoms with van der Waals surface area (Å²) < 4.78 is 29.3. The van der Waals surface area contributed by atoms with Gasteiger partial charge in [-0.15, -0.1) is 0 Å². The van der Waals surface area contributed by atoms with E-state index in [9.17, 15) is 0 Å². The van der Waals surface area contributed by atoms with E-state index in [0.717, 1.165) is 19.3 Å². The average Bonchev–Trinajstić information content (AvgIpc) is 2.73. The molecule has 0 bridgehead atoms. The zero-order valence-electron chi connectivity index (χ0n) is 33.3. The van der Waals surface area contributed by atoms with E-state index in [1.165, 1.54) is 0 Å². The van der Waals surface area contributed by atoms with Crippen molar-refractivity contribution in [1.29, 1.82) is 0 Å². The van der Waals surface area contributed by atoms with Gasteiger partial charge in [-0.1, -0.05) is 61.2 Å². The van der Waals surface area contributed by atoms with Crippen LogP contribution in [0.4, 0.5) is 0 Å². The lowest BCUT2D eigenvalue weighted by atomic mass is 9.85. The fourth-order valence-corrected chi connectivity index (χ4v) is 21.8. The first-order chi connectivity index (χ1) is 18.0. The van der Waals surface area contributed by atoms with Gasteiger partial charge in [-0.05, 0) is 120 Å². The van der Waals surface area contributed by atoms with E-state index < -0.39 is 41.3 Å². The van der Waals surface area contributed by atoms with Crippen LogP contribution in [0, 0.1) is 0 Å². The van der Waals surface area contributed by atoms with E-state index in [2.05, 4.69) is 162 Å². The standard InChI is InChI=1S/C33H78O4Si5/c1-25-31(10,36-42(23,24)33(12,27-3)37-39(16,17)18)32(11,26-2)41(21,22)34-28(4,5)29(6,7)40(19,20)35-30(8,9)38(13,14)15/h25-27H2,1-24H3. The normalized spacial score (nSPS) is 19.7. The molecule has 0 fully saturated rings. The summed E-state index contributed by atoms with van der Waals surface area (Å²) in [6.07, 6.45) is 2.91. The van der Waals surface area contributed by atoms with Crippen LogP contribution in [0.3, 0.4) is 0 Å². The van der Waals surface area contributed by atoms with E-state index in [-0.39, 0.29) is 31.7 Å². The molecule has 0 rings (SSSR count). The molecule has 42 heavy (non-hydrogen) atoms. The minimum atomic E-state index is -2.41. The molecular weight excluding hydrogens is 601 g/mol. The number of hydrogen-bond donors (Lipinski definition) is 0. The Hall–Kier alpha value is 0.924. The van der Waals surface area contributed by atoms with Gasteiger partial charge in [0.15, 0.2) is 25.0 Å². The molecule has 0 aliphatic rings. The Balaban J connectivity index is 6.76. The van der Waals surface area contributed by atoms with Crippen molar-refractivity contribution in [2.75, 3.05) is 0 Å². The van der Waals surface area contributed by atoms with E-state index in [0.29, 0.717) is 0 Å². The van der Waals surface area contributed by atoms with Gasteiger partial charge in [0.05, 0.1) is 24.5 Å². The van der Waals surface area contributed by atoms with Crippen molar-refractivity contribution in [1.82, 2.24) is 0 Å². The fraction of sp³-hybridized carbons (Fsp3) is 1.00. The molecule has 9 heteroatoms. The molecule has 0 aliphatic heterocycles. The molecule has 3 atom stereocenters. The van der Waals surface area contributed by atoms with Crippen molar-refractivity contribution in [3.63, 3.8) is 0 Å². The van der Waals surface area contributed by atoms with Crippen LogP contribution in [-0.2, 0) is 17.7 Å². The predicted octanol–water partition coefficient (Wildman–Crippen LogP) is 11.8. The first-order valence-electron chi connectivity index (χ1n) is 16.8. The predicted molar refractivity (Wildman–Crippen MR) is 202 cm³/mol. The summed E-state index contributed by atoms with van der Waals surface area (Å²) in [6, 6.07) is 0. The van der Waals surface area contributed by atoms with Gasteiger partial charge >= 0.3 is 0 Å². The summed E-state index contributed by atoms with van der Waals surface area (Å²) in [6.45, 7) is 56.8. The maximum atomic E-state index is 7.60. The van der Waals surface area contributed by atoms with Crippen LogP contribution in [0.15, 0.2) is 0 Å². The Labute approximate surface area is 270 Å². The Morgan fingerprint density at radius 2 is 0.881 bits per heavy atom. The molecule has 0 aliphatic carbocycles. The molecule has 0 aromatic rings. The molecule has 3 unspecified atom stereocenters. The van der Waals surface area contributed by atoms with Crippen molar-refractivity contribution >= 4 is 41.3 Å². The Kier molecular flexibility index (Phi) is 13.1. The lowest BCUT2D eigenvalue weighted by Gasteiger charge is -2.61. The second kappa shape index (κ2) is 12.8. The van der Waals surface area contributed by atoms with Crippen LogP contribution in [-0.4, -0.2) is 63.0 Å². The van der Waals surface area contributed by atoms with Crippen LogP contribution in [0.2, 0.25) is 88.6 Å². The van der Waals surface area contributed by atoms with Crippen molar-refractivity contribution in [3.05, 3.63) is 0 Å². The average molecular weight is 679 g/mol. The molecule has 0 heterocycles. The largest absolute Gasteiger partial charge is 0.415 e. The fourth-order valence-electron chi connectivity index (χ4n) is 6.50. The molecule has 0 aromatic carbocycles. The second-order valence-electron chi connectivity index (χ2n) is 18.8. The molecule has 0 spiro atoms. The Bertz CT molecular complexity index is 901. The van der Waals surface area contributed by atoms with Gasteiger partial charge in [-0.2, -0.15) is 0 Å². The second-order valence-corrected chi connectivity index (χ2v) is 42.0. The highest BCUT2D eigenvalue weighted by atomic mass is 28.4. The smallest absolute Gasteiger partial charge is 0.217 e. The first-order valence-corrected chi connectivity index (χ1v) is 32.4. The topological polar surface area (TPSA) is 36.9 Å². The van der Waals surface area contributed by atoms with E-state index >= 15 is 0 Å². The Morgan fingerprint density at radius 1 is 0.452 bits per heavy atom. The molecule has 0 radical (unpaired) electrons. The first kappa shape index (κ1) is 42.9. The van der Waals surface area contributed by atoms with Gasteiger partial charge in [0.2, 0.25) is 8.32 Å². The highest BCUT2D eigenvalue weighted by molar-refractivity contribution is 6.81. The van der Waals surface area contributed by atoms with Crippen LogP contribution in [0.1, 0.15) is 102 Å². The molecule has 0 amide bonds.